The first kappa shape index (κ1) is 10.9. The maximum Gasteiger partial charge on any atom is 0.116 e. The highest BCUT2D eigenvalue weighted by atomic mass is 79.9. The molecule has 1 aliphatic heterocycles. The van der Waals surface area contributed by atoms with Crippen LogP contribution in [0.2, 0.25) is 0 Å². The summed E-state index contributed by atoms with van der Waals surface area (Å²) >= 11 is 3.45. The molecule has 0 bridgehead atoms. The van der Waals surface area contributed by atoms with Crippen molar-refractivity contribution in [3.8, 4) is 11.3 Å². The highest BCUT2D eigenvalue weighted by Gasteiger charge is 2.15. The molecular weight excluding hydrogens is 278 g/mol. The van der Waals surface area contributed by atoms with E-state index in [4.69, 9.17) is 0 Å². The van der Waals surface area contributed by atoms with Gasteiger partial charge in [0.25, 0.3) is 0 Å². The normalized spacial score (nSPS) is 14.4. The molecule has 3 rings (SSSR count). The van der Waals surface area contributed by atoms with E-state index in [2.05, 4.69) is 43.3 Å². The first-order valence-electron chi connectivity index (χ1n) is 5.64. The summed E-state index contributed by atoms with van der Waals surface area (Å²) in [6, 6.07) is 8.25. The molecule has 1 aliphatic rings. The second-order valence-corrected chi connectivity index (χ2v) is 5.00. The van der Waals surface area contributed by atoms with Gasteiger partial charge in [0.1, 0.15) is 6.33 Å². The summed E-state index contributed by atoms with van der Waals surface area (Å²) in [6.45, 7) is 1.87. The van der Waals surface area contributed by atoms with Crippen molar-refractivity contribution in [3.63, 3.8) is 0 Å². The standard InChI is InChI=1S/C13H12BrN3/c14-10-3-1-9(2-4-10)13-11-7-15-6-5-12(11)16-8-17-13/h1-4,8,15H,5-7H2. The Bertz CT molecular complexity index is 537. The van der Waals surface area contributed by atoms with Crippen LogP contribution in [0.5, 0.6) is 0 Å². The lowest BCUT2D eigenvalue weighted by Crippen LogP contribution is -2.25. The first-order valence-corrected chi connectivity index (χ1v) is 6.43. The molecule has 17 heavy (non-hydrogen) atoms. The second kappa shape index (κ2) is 4.55. The van der Waals surface area contributed by atoms with Gasteiger partial charge in [-0.05, 0) is 12.1 Å². The van der Waals surface area contributed by atoms with Crippen molar-refractivity contribution in [1.29, 1.82) is 0 Å². The fraction of sp³-hybridized carbons (Fsp3) is 0.231. The average Bonchev–Trinajstić information content (AvgIpc) is 2.39. The second-order valence-electron chi connectivity index (χ2n) is 4.08. The minimum atomic E-state index is 0.863. The van der Waals surface area contributed by atoms with Crippen molar-refractivity contribution in [2.75, 3.05) is 6.54 Å². The number of aromatic nitrogens is 2. The summed E-state index contributed by atoms with van der Waals surface area (Å²) in [5.74, 6) is 0. The van der Waals surface area contributed by atoms with Gasteiger partial charge in [-0.1, -0.05) is 28.1 Å². The van der Waals surface area contributed by atoms with Gasteiger partial charge in [0, 0.05) is 35.1 Å². The molecule has 0 saturated heterocycles. The van der Waals surface area contributed by atoms with Gasteiger partial charge in [-0.15, -0.1) is 0 Å². The number of nitrogens with zero attached hydrogens (tertiary/aromatic N) is 2. The van der Waals surface area contributed by atoms with E-state index >= 15 is 0 Å². The number of hydrogen-bond donors (Lipinski definition) is 1. The van der Waals surface area contributed by atoms with Crippen LogP contribution in [0.3, 0.4) is 0 Å². The van der Waals surface area contributed by atoms with Crippen molar-refractivity contribution in [1.82, 2.24) is 15.3 Å². The Morgan fingerprint density at radius 3 is 2.76 bits per heavy atom. The third kappa shape index (κ3) is 2.10. The van der Waals surface area contributed by atoms with Gasteiger partial charge in [-0.2, -0.15) is 0 Å². The minimum Gasteiger partial charge on any atom is -0.312 e. The summed E-state index contributed by atoms with van der Waals surface area (Å²) in [7, 11) is 0. The molecular formula is C13H12BrN3. The molecule has 1 aromatic carbocycles. The molecule has 0 atom stereocenters. The van der Waals surface area contributed by atoms with Crippen molar-refractivity contribution in [3.05, 3.63) is 46.3 Å². The van der Waals surface area contributed by atoms with Gasteiger partial charge in [0.15, 0.2) is 0 Å². The number of fused-ring (bicyclic) bond motifs is 1. The Morgan fingerprint density at radius 1 is 1.12 bits per heavy atom. The van der Waals surface area contributed by atoms with E-state index in [1.807, 2.05) is 12.1 Å². The molecule has 2 aromatic rings. The summed E-state index contributed by atoms with van der Waals surface area (Å²) in [6.07, 6.45) is 2.66. The molecule has 0 fully saturated rings. The van der Waals surface area contributed by atoms with E-state index < -0.39 is 0 Å². The highest BCUT2D eigenvalue weighted by Crippen LogP contribution is 2.25. The molecule has 0 saturated carbocycles. The topological polar surface area (TPSA) is 37.8 Å². The molecule has 2 heterocycles. The van der Waals surface area contributed by atoms with E-state index in [9.17, 15) is 0 Å². The smallest absolute Gasteiger partial charge is 0.116 e. The van der Waals surface area contributed by atoms with Gasteiger partial charge < -0.3 is 5.32 Å². The fourth-order valence-electron chi connectivity index (χ4n) is 2.13. The zero-order chi connectivity index (χ0) is 11.7. The van der Waals surface area contributed by atoms with Crippen LogP contribution in [0.15, 0.2) is 35.1 Å². The molecule has 0 aliphatic carbocycles. The zero-order valence-electron chi connectivity index (χ0n) is 9.28. The lowest BCUT2D eigenvalue weighted by molar-refractivity contribution is 0.627. The molecule has 86 valence electrons. The van der Waals surface area contributed by atoms with Gasteiger partial charge in [0.2, 0.25) is 0 Å². The van der Waals surface area contributed by atoms with Crippen LogP contribution < -0.4 is 5.32 Å². The number of rotatable bonds is 1. The van der Waals surface area contributed by atoms with Gasteiger partial charge in [-0.3, -0.25) is 0 Å². The number of hydrogen-bond acceptors (Lipinski definition) is 3. The van der Waals surface area contributed by atoms with Crippen molar-refractivity contribution < 1.29 is 0 Å². The molecule has 0 amide bonds. The Kier molecular flexibility index (Phi) is 2.91. The molecule has 0 unspecified atom stereocenters. The Labute approximate surface area is 108 Å². The summed E-state index contributed by atoms with van der Waals surface area (Å²) in [4.78, 5) is 8.79. The van der Waals surface area contributed by atoms with E-state index in [1.54, 1.807) is 6.33 Å². The lowest BCUT2D eigenvalue weighted by Gasteiger charge is -2.18. The van der Waals surface area contributed by atoms with Crippen LogP contribution in [0.25, 0.3) is 11.3 Å². The molecule has 4 heteroatoms. The van der Waals surface area contributed by atoms with Crippen molar-refractivity contribution >= 4 is 15.9 Å². The van der Waals surface area contributed by atoms with E-state index in [0.717, 1.165) is 35.2 Å². The van der Waals surface area contributed by atoms with Gasteiger partial charge in [-0.25, -0.2) is 9.97 Å². The van der Waals surface area contributed by atoms with Crippen LogP contribution in [0.4, 0.5) is 0 Å². The zero-order valence-corrected chi connectivity index (χ0v) is 10.9. The highest BCUT2D eigenvalue weighted by molar-refractivity contribution is 9.10. The monoisotopic (exact) mass is 289 g/mol. The van der Waals surface area contributed by atoms with Crippen molar-refractivity contribution in [2.24, 2.45) is 0 Å². The molecule has 0 spiro atoms. The first-order chi connectivity index (χ1) is 8.34. The minimum absolute atomic E-state index is 0.863. The quantitative estimate of drug-likeness (QED) is 0.877. The van der Waals surface area contributed by atoms with E-state index in [-0.39, 0.29) is 0 Å². The van der Waals surface area contributed by atoms with Gasteiger partial charge in [0.05, 0.1) is 11.4 Å². The molecule has 3 nitrogen and oxygen atoms in total. The summed E-state index contributed by atoms with van der Waals surface area (Å²) in [5.41, 5.74) is 4.61. The predicted molar refractivity (Wildman–Crippen MR) is 70.6 cm³/mol. The Balaban J connectivity index is 2.11. The van der Waals surface area contributed by atoms with E-state index in [0.29, 0.717) is 0 Å². The Morgan fingerprint density at radius 2 is 1.94 bits per heavy atom. The number of nitrogens with one attached hydrogen (secondary N) is 1. The Hall–Kier alpha value is -1.26. The van der Waals surface area contributed by atoms with E-state index in [1.165, 1.54) is 11.3 Å². The molecule has 1 aromatic heterocycles. The molecule has 1 N–H and O–H groups in total. The van der Waals surface area contributed by atoms with Crippen LogP contribution in [-0.2, 0) is 13.0 Å². The van der Waals surface area contributed by atoms with Crippen LogP contribution >= 0.6 is 15.9 Å². The SMILES string of the molecule is Brc1ccc(-c2ncnc3c2CNCC3)cc1. The third-order valence-corrected chi connectivity index (χ3v) is 3.52. The number of benzene rings is 1. The summed E-state index contributed by atoms with van der Waals surface area (Å²) < 4.78 is 1.09. The average molecular weight is 290 g/mol. The maximum absolute atomic E-state index is 4.43. The van der Waals surface area contributed by atoms with Crippen LogP contribution in [0.1, 0.15) is 11.3 Å². The fourth-order valence-corrected chi connectivity index (χ4v) is 2.39. The maximum atomic E-state index is 4.43. The molecule has 0 radical (unpaired) electrons. The number of halogens is 1. The lowest BCUT2D eigenvalue weighted by atomic mass is 10.0. The third-order valence-electron chi connectivity index (χ3n) is 2.99. The largest absolute Gasteiger partial charge is 0.312 e. The predicted octanol–water partition coefficient (Wildman–Crippen LogP) is 2.55. The van der Waals surface area contributed by atoms with Gasteiger partial charge >= 0.3 is 0 Å². The summed E-state index contributed by atoms with van der Waals surface area (Å²) in [5, 5.41) is 3.37. The van der Waals surface area contributed by atoms with Crippen LogP contribution in [-0.4, -0.2) is 16.5 Å². The van der Waals surface area contributed by atoms with Crippen molar-refractivity contribution in [2.45, 2.75) is 13.0 Å². The van der Waals surface area contributed by atoms with Crippen LogP contribution in [0, 0.1) is 0 Å².